The number of nitrogens with zero attached hydrogens (tertiary/aromatic N) is 3. The maximum Gasteiger partial charge on any atom is 0.125 e. The van der Waals surface area contributed by atoms with Crippen molar-refractivity contribution >= 4 is 24.0 Å². The van der Waals surface area contributed by atoms with Gasteiger partial charge in [0, 0.05) is 0 Å². The van der Waals surface area contributed by atoms with Crippen molar-refractivity contribution in [1.29, 1.82) is 15.8 Å². The number of thiophene rings is 1. The summed E-state index contributed by atoms with van der Waals surface area (Å²) in [5.41, 5.74) is 0.331. The molecule has 56 valence electrons. The third-order valence-corrected chi connectivity index (χ3v) is 2.61. The quantitative estimate of drug-likeness (QED) is 0.634. The lowest BCUT2D eigenvalue weighted by Crippen LogP contribution is -1.78. The lowest BCUT2D eigenvalue weighted by molar-refractivity contribution is 1.42. The average molecular weight is 191 g/mol. The first-order valence-corrected chi connectivity index (χ1v) is 4.07. The van der Waals surface area contributed by atoms with Gasteiger partial charge in [0.15, 0.2) is 0 Å². The molecule has 0 spiro atoms. The minimum absolute atomic E-state index is 0.134. The van der Waals surface area contributed by atoms with Crippen LogP contribution in [0.25, 0.3) is 0 Å². The molecule has 0 radical (unpaired) electrons. The lowest BCUT2D eigenvalue weighted by Gasteiger charge is -1.81. The fourth-order valence-corrected chi connectivity index (χ4v) is 1.88. The Morgan fingerprint density at radius 3 is 2.00 bits per heavy atom. The first kappa shape index (κ1) is 8.62. The highest BCUT2D eigenvalue weighted by atomic mass is 32.2. The summed E-state index contributed by atoms with van der Waals surface area (Å²) in [6.07, 6.45) is 0. The number of rotatable bonds is 0. The molecule has 0 bridgehead atoms. The van der Waals surface area contributed by atoms with E-state index < -0.39 is 0 Å². The Kier molecular flexibility index (Phi) is 2.35. The molecular weight excluding hydrogens is 190 g/mol. The van der Waals surface area contributed by atoms with Gasteiger partial charge in [0.05, 0.1) is 15.3 Å². The first-order chi connectivity index (χ1) is 5.74. The maximum absolute atomic E-state index is 8.60. The van der Waals surface area contributed by atoms with E-state index in [-0.39, 0.29) is 16.0 Å². The van der Waals surface area contributed by atoms with Gasteiger partial charge in [0.25, 0.3) is 0 Å². The van der Waals surface area contributed by atoms with Crippen molar-refractivity contribution in [1.82, 2.24) is 0 Å². The summed E-state index contributed by atoms with van der Waals surface area (Å²) in [6, 6.07) is 5.47. The molecular formula is C7HN3S2. The Labute approximate surface area is 78.5 Å². The molecule has 0 aliphatic heterocycles. The predicted octanol–water partition coefficient (Wildman–Crippen LogP) is 1.65. The van der Waals surface area contributed by atoms with E-state index in [0.29, 0.717) is 4.21 Å². The molecule has 1 aromatic rings. The zero-order valence-electron chi connectivity index (χ0n) is 5.70. The van der Waals surface area contributed by atoms with Gasteiger partial charge in [-0.05, 0) is 0 Å². The molecule has 0 N–H and O–H groups in total. The summed E-state index contributed by atoms with van der Waals surface area (Å²) in [7, 11) is 0. The van der Waals surface area contributed by atoms with E-state index in [1.807, 2.05) is 12.1 Å². The molecule has 3 nitrogen and oxygen atoms in total. The molecule has 1 aromatic heterocycles. The van der Waals surface area contributed by atoms with Crippen LogP contribution in [-0.4, -0.2) is 0 Å². The smallest absolute Gasteiger partial charge is 0.125 e. The molecule has 5 heteroatoms. The summed E-state index contributed by atoms with van der Waals surface area (Å²) >= 11 is 5.02. The number of thiol groups is 1. The highest BCUT2D eigenvalue weighted by molar-refractivity contribution is 7.83. The van der Waals surface area contributed by atoms with E-state index in [1.54, 1.807) is 6.07 Å². The van der Waals surface area contributed by atoms with Gasteiger partial charge in [0.1, 0.15) is 23.1 Å². The van der Waals surface area contributed by atoms with Crippen LogP contribution < -0.4 is 0 Å². The van der Waals surface area contributed by atoms with Crippen LogP contribution in [0.15, 0.2) is 4.21 Å². The lowest BCUT2D eigenvalue weighted by atomic mass is 10.2. The number of hydrogen-bond acceptors (Lipinski definition) is 5. The highest BCUT2D eigenvalue weighted by Crippen LogP contribution is 2.29. The summed E-state index contributed by atoms with van der Waals surface area (Å²) in [5, 5.41) is 25.7. The van der Waals surface area contributed by atoms with Crippen LogP contribution in [0, 0.1) is 34.0 Å². The van der Waals surface area contributed by atoms with Gasteiger partial charge in [-0.2, -0.15) is 15.8 Å². The summed E-state index contributed by atoms with van der Waals surface area (Å²) in [5.74, 6) is 0. The van der Waals surface area contributed by atoms with Crippen LogP contribution in [0.3, 0.4) is 0 Å². The highest BCUT2D eigenvalue weighted by Gasteiger charge is 2.14. The minimum Gasteiger partial charge on any atom is -0.192 e. The van der Waals surface area contributed by atoms with E-state index in [0.717, 1.165) is 11.3 Å². The van der Waals surface area contributed by atoms with E-state index >= 15 is 0 Å². The Balaban J connectivity index is 3.54. The Morgan fingerprint density at radius 2 is 1.58 bits per heavy atom. The monoisotopic (exact) mass is 191 g/mol. The molecule has 0 amide bonds. The number of hydrogen-bond donors (Lipinski definition) is 1. The minimum atomic E-state index is 0.134. The third-order valence-electron chi connectivity index (χ3n) is 1.21. The normalized spacial score (nSPS) is 8.17. The fraction of sp³-hybridized carbons (Fsp3) is 0. The zero-order chi connectivity index (χ0) is 9.14. The van der Waals surface area contributed by atoms with Crippen molar-refractivity contribution in [3.8, 4) is 18.2 Å². The Bertz CT molecular complexity index is 439. The van der Waals surface area contributed by atoms with Gasteiger partial charge in [-0.1, -0.05) is 0 Å². The van der Waals surface area contributed by atoms with Crippen LogP contribution in [0.4, 0.5) is 0 Å². The average Bonchev–Trinajstić information content (AvgIpc) is 2.40. The van der Waals surface area contributed by atoms with Gasteiger partial charge in [-0.25, -0.2) is 0 Å². The molecule has 0 aliphatic rings. The molecule has 0 unspecified atom stereocenters. The van der Waals surface area contributed by atoms with E-state index in [1.165, 1.54) is 0 Å². The summed E-state index contributed by atoms with van der Waals surface area (Å²) in [4.78, 5) is 0.249. The predicted molar refractivity (Wildman–Crippen MR) is 45.7 cm³/mol. The Morgan fingerprint density at radius 1 is 1.00 bits per heavy atom. The van der Waals surface area contributed by atoms with Crippen LogP contribution >= 0.6 is 24.0 Å². The zero-order valence-corrected chi connectivity index (χ0v) is 7.41. The van der Waals surface area contributed by atoms with E-state index in [9.17, 15) is 0 Å². The van der Waals surface area contributed by atoms with Crippen LogP contribution in [0.2, 0.25) is 0 Å². The molecule has 0 fully saturated rings. The van der Waals surface area contributed by atoms with Crippen molar-refractivity contribution in [2.24, 2.45) is 0 Å². The van der Waals surface area contributed by atoms with Gasteiger partial charge in [-0.15, -0.1) is 24.0 Å². The standard InChI is InChI=1S/C7HN3S2/c8-1-4-5(2-9)7(11)12-6(4)3-10/h11H. The van der Waals surface area contributed by atoms with Crippen molar-refractivity contribution in [3.05, 3.63) is 16.0 Å². The largest absolute Gasteiger partial charge is 0.192 e. The van der Waals surface area contributed by atoms with Crippen LogP contribution in [0.1, 0.15) is 16.0 Å². The third kappa shape index (κ3) is 1.14. The summed E-state index contributed by atoms with van der Waals surface area (Å²) < 4.78 is 0.422. The van der Waals surface area contributed by atoms with Crippen molar-refractivity contribution < 1.29 is 0 Å². The second-order valence-corrected chi connectivity index (χ2v) is 3.59. The molecule has 0 atom stereocenters. The molecule has 12 heavy (non-hydrogen) atoms. The molecule has 0 aromatic carbocycles. The van der Waals surface area contributed by atoms with Gasteiger partial charge in [-0.3, -0.25) is 0 Å². The van der Waals surface area contributed by atoms with Gasteiger partial charge >= 0.3 is 0 Å². The second kappa shape index (κ2) is 3.28. The summed E-state index contributed by atoms with van der Waals surface area (Å²) in [6.45, 7) is 0. The molecule has 1 rings (SSSR count). The van der Waals surface area contributed by atoms with Crippen LogP contribution in [0.5, 0.6) is 0 Å². The fourth-order valence-electron chi connectivity index (χ4n) is 0.708. The maximum atomic E-state index is 8.60. The molecule has 0 saturated carbocycles. The first-order valence-electron chi connectivity index (χ1n) is 2.80. The van der Waals surface area contributed by atoms with Gasteiger partial charge in [0.2, 0.25) is 0 Å². The van der Waals surface area contributed by atoms with Crippen molar-refractivity contribution in [2.45, 2.75) is 4.21 Å². The Hall–Kier alpha value is -1.48. The SMILES string of the molecule is N#Cc1sc(S)c(C#N)c1C#N. The molecule has 0 saturated heterocycles. The molecule has 1 heterocycles. The van der Waals surface area contributed by atoms with Crippen LogP contribution in [-0.2, 0) is 0 Å². The van der Waals surface area contributed by atoms with E-state index in [2.05, 4.69) is 12.6 Å². The van der Waals surface area contributed by atoms with Crippen molar-refractivity contribution in [2.75, 3.05) is 0 Å². The second-order valence-electron chi connectivity index (χ2n) is 1.82. The topological polar surface area (TPSA) is 71.4 Å². The van der Waals surface area contributed by atoms with E-state index in [4.69, 9.17) is 15.8 Å². The van der Waals surface area contributed by atoms with Gasteiger partial charge < -0.3 is 0 Å². The number of nitriles is 3. The van der Waals surface area contributed by atoms with Crippen molar-refractivity contribution in [3.63, 3.8) is 0 Å². The molecule has 0 aliphatic carbocycles.